The van der Waals surface area contributed by atoms with E-state index in [0.29, 0.717) is 12.1 Å². The summed E-state index contributed by atoms with van der Waals surface area (Å²) in [6.07, 6.45) is 0. The fourth-order valence-electron chi connectivity index (χ4n) is 1.51. The number of nitrogens with zero attached hydrogens (tertiary/aromatic N) is 1. The van der Waals surface area contributed by atoms with Crippen molar-refractivity contribution in [2.75, 3.05) is 12.4 Å². The molecule has 0 aliphatic rings. The van der Waals surface area contributed by atoms with Crippen LogP contribution in [0.1, 0.15) is 10.4 Å². The van der Waals surface area contributed by atoms with Crippen LogP contribution in [-0.2, 0) is 6.54 Å². The van der Waals surface area contributed by atoms with E-state index in [0.717, 1.165) is 16.3 Å². The number of hydrogen-bond acceptors (Lipinski definition) is 4. The predicted molar refractivity (Wildman–Crippen MR) is 69.4 cm³/mol. The average molecular weight is 244 g/mol. The van der Waals surface area contributed by atoms with Crippen molar-refractivity contribution in [2.45, 2.75) is 6.54 Å². The first kappa shape index (κ1) is 11.5. The molecule has 2 rings (SSSR count). The fourth-order valence-corrected chi connectivity index (χ4v) is 2.25. The summed E-state index contributed by atoms with van der Waals surface area (Å²) in [4.78, 5) is 1.13. The van der Waals surface area contributed by atoms with E-state index in [-0.39, 0.29) is 0 Å². The van der Waals surface area contributed by atoms with Crippen LogP contribution in [0.2, 0.25) is 0 Å². The molecule has 3 nitrogen and oxygen atoms in total. The minimum absolute atomic E-state index is 0.701. The summed E-state index contributed by atoms with van der Waals surface area (Å²) in [5.41, 5.74) is 1.67. The molecule has 0 amide bonds. The number of thiophene rings is 1. The number of ether oxygens (including phenoxy) is 1. The van der Waals surface area contributed by atoms with E-state index in [1.54, 1.807) is 18.4 Å². The fraction of sp³-hybridized carbons (Fsp3) is 0.154. The van der Waals surface area contributed by atoms with E-state index in [1.165, 1.54) is 0 Å². The lowest BCUT2D eigenvalue weighted by molar-refractivity contribution is 0.416. The number of hydrogen-bond donors (Lipinski definition) is 1. The second-order valence-corrected chi connectivity index (χ2v) is 4.46. The standard InChI is InChI=1S/C13H12N2OS/c1-16-13-5-3-2-4-12(13)15-8-11-6-10(7-14)9-17-11/h2-6,9,15H,8H2,1H3. The quantitative estimate of drug-likeness (QED) is 0.898. The lowest BCUT2D eigenvalue weighted by Crippen LogP contribution is -1.99. The largest absolute Gasteiger partial charge is 0.495 e. The lowest BCUT2D eigenvalue weighted by Gasteiger charge is -2.09. The molecule has 0 unspecified atom stereocenters. The zero-order valence-electron chi connectivity index (χ0n) is 9.43. The predicted octanol–water partition coefficient (Wildman–Crippen LogP) is 3.24. The zero-order valence-corrected chi connectivity index (χ0v) is 10.3. The maximum Gasteiger partial charge on any atom is 0.141 e. The van der Waals surface area contributed by atoms with Crippen LogP contribution in [0.5, 0.6) is 5.75 Å². The molecule has 4 heteroatoms. The van der Waals surface area contributed by atoms with Crippen LogP contribution in [0, 0.1) is 11.3 Å². The van der Waals surface area contributed by atoms with Crippen LogP contribution in [-0.4, -0.2) is 7.11 Å². The normalized spacial score (nSPS) is 9.65. The van der Waals surface area contributed by atoms with Gasteiger partial charge in [-0.3, -0.25) is 0 Å². The molecule has 0 bridgehead atoms. The monoisotopic (exact) mass is 244 g/mol. The third-order valence-electron chi connectivity index (χ3n) is 2.34. The summed E-state index contributed by atoms with van der Waals surface area (Å²) in [7, 11) is 1.65. The molecule has 0 aliphatic heterocycles. The van der Waals surface area contributed by atoms with Gasteiger partial charge in [0.25, 0.3) is 0 Å². The molecule has 0 atom stereocenters. The van der Waals surface area contributed by atoms with Gasteiger partial charge in [-0.25, -0.2) is 0 Å². The summed E-state index contributed by atoms with van der Waals surface area (Å²) in [5.74, 6) is 0.824. The van der Waals surface area contributed by atoms with Gasteiger partial charge in [0.15, 0.2) is 0 Å². The molecular formula is C13H12N2OS. The summed E-state index contributed by atoms with van der Waals surface area (Å²) in [6.45, 7) is 0.701. The van der Waals surface area contributed by atoms with Crippen molar-refractivity contribution in [1.29, 1.82) is 5.26 Å². The van der Waals surface area contributed by atoms with Gasteiger partial charge < -0.3 is 10.1 Å². The van der Waals surface area contributed by atoms with E-state index >= 15 is 0 Å². The van der Waals surface area contributed by atoms with Gasteiger partial charge in [0.2, 0.25) is 0 Å². The Hall–Kier alpha value is -1.99. The number of rotatable bonds is 4. The second-order valence-electron chi connectivity index (χ2n) is 3.47. The zero-order chi connectivity index (χ0) is 12.1. The van der Waals surface area contributed by atoms with Gasteiger partial charge >= 0.3 is 0 Å². The van der Waals surface area contributed by atoms with Crippen molar-refractivity contribution in [3.05, 3.63) is 46.2 Å². The molecule has 0 saturated carbocycles. The van der Waals surface area contributed by atoms with Crippen molar-refractivity contribution < 1.29 is 4.74 Å². The topological polar surface area (TPSA) is 45.0 Å². The molecule has 0 saturated heterocycles. The maximum absolute atomic E-state index is 8.73. The highest BCUT2D eigenvalue weighted by atomic mass is 32.1. The molecule has 17 heavy (non-hydrogen) atoms. The smallest absolute Gasteiger partial charge is 0.141 e. The van der Waals surface area contributed by atoms with Crippen LogP contribution in [0.15, 0.2) is 35.7 Å². The SMILES string of the molecule is COc1ccccc1NCc1cc(C#N)cs1. The third-order valence-corrected chi connectivity index (χ3v) is 3.28. The molecule has 0 spiro atoms. The van der Waals surface area contributed by atoms with Gasteiger partial charge in [-0.1, -0.05) is 12.1 Å². The number of para-hydroxylation sites is 2. The Morgan fingerprint density at radius 1 is 1.41 bits per heavy atom. The van der Waals surface area contributed by atoms with Crippen LogP contribution < -0.4 is 10.1 Å². The molecule has 2 aromatic rings. The van der Waals surface area contributed by atoms with Crippen molar-refractivity contribution in [1.82, 2.24) is 0 Å². The first-order valence-corrected chi connectivity index (χ1v) is 6.06. The molecule has 1 aromatic heterocycles. The first-order valence-electron chi connectivity index (χ1n) is 5.18. The number of nitriles is 1. The van der Waals surface area contributed by atoms with Crippen LogP contribution >= 0.6 is 11.3 Å². The number of benzene rings is 1. The third kappa shape index (κ3) is 2.77. The van der Waals surface area contributed by atoms with Crippen LogP contribution in [0.3, 0.4) is 0 Å². The highest BCUT2D eigenvalue weighted by Gasteiger charge is 2.02. The minimum Gasteiger partial charge on any atom is -0.495 e. The van der Waals surface area contributed by atoms with E-state index in [1.807, 2.05) is 35.7 Å². The summed E-state index contributed by atoms with van der Waals surface area (Å²) in [6, 6.07) is 11.8. The van der Waals surface area contributed by atoms with E-state index < -0.39 is 0 Å². The highest BCUT2D eigenvalue weighted by Crippen LogP contribution is 2.24. The Bertz CT molecular complexity index is 542. The molecule has 1 aromatic carbocycles. The molecule has 0 aliphatic carbocycles. The molecular weight excluding hydrogens is 232 g/mol. The Balaban J connectivity index is 2.05. The molecule has 0 fully saturated rings. The van der Waals surface area contributed by atoms with Gasteiger partial charge in [-0.2, -0.15) is 5.26 Å². The Kier molecular flexibility index (Phi) is 3.63. The maximum atomic E-state index is 8.73. The van der Waals surface area contributed by atoms with Crippen molar-refractivity contribution in [3.8, 4) is 11.8 Å². The Morgan fingerprint density at radius 3 is 2.94 bits per heavy atom. The lowest BCUT2D eigenvalue weighted by atomic mass is 10.3. The Labute approximate surface area is 104 Å². The molecule has 0 radical (unpaired) electrons. The number of nitrogens with one attached hydrogen (secondary N) is 1. The molecule has 1 N–H and O–H groups in total. The van der Waals surface area contributed by atoms with Gasteiger partial charge in [0, 0.05) is 16.8 Å². The van der Waals surface area contributed by atoms with Crippen molar-refractivity contribution >= 4 is 17.0 Å². The number of anilines is 1. The van der Waals surface area contributed by atoms with Crippen molar-refractivity contribution in [3.63, 3.8) is 0 Å². The average Bonchev–Trinajstić information content (AvgIpc) is 2.84. The van der Waals surface area contributed by atoms with Gasteiger partial charge in [-0.05, 0) is 18.2 Å². The van der Waals surface area contributed by atoms with E-state index in [9.17, 15) is 0 Å². The van der Waals surface area contributed by atoms with Gasteiger partial charge in [0.05, 0.1) is 18.4 Å². The van der Waals surface area contributed by atoms with Gasteiger partial charge in [-0.15, -0.1) is 11.3 Å². The second kappa shape index (κ2) is 5.37. The Morgan fingerprint density at radius 2 is 2.24 bits per heavy atom. The summed E-state index contributed by atoms with van der Waals surface area (Å²) in [5, 5.41) is 13.9. The number of methoxy groups -OCH3 is 1. The first-order chi connectivity index (χ1) is 8.33. The van der Waals surface area contributed by atoms with Crippen molar-refractivity contribution in [2.24, 2.45) is 0 Å². The highest BCUT2D eigenvalue weighted by molar-refractivity contribution is 7.10. The van der Waals surface area contributed by atoms with E-state index in [4.69, 9.17) is 10.00 Å². The van der Waals surface area contributed by atoms with Crippen LogP contribution in [0.4, 0.5) is 5.69 Å². The van der Waals surface area contributed by atoms with E-state index in [2.05, 4.69) is 11.4 Å². The van der Waals surface area contributed by atoms with Crippen LogP contribution in [0.25, 0.3) is 0 Å². The minimum atomic E-state index is 0.701. The summed E-state index contributed by atoms with van der Waals surface area (Å²) >= 11 is 1.58. The summed E-state index contributed by atoms with van der Waals surface area (Å²) < 4.78 is 5.25. The van der Waals surface area contributed by atoms with Gasteiger partial charge in [0.1, 0.15) is 11.8 Å². The molecule has 86 valence electrons. The molecule has 1 heterocycles.